The number of ether oxygens (including phenoxy) is 1. The second-order valence-corrected chi connectivity index (χ2v) is 7.31. The highest BCUT2D eigenvalue weighted by Gasteiger charge is 2.32. The molecule has 6 heteroatoms. The molecule has 0 aliphatic carbocycles. The molecule has 160 valence electrons. The molecule has 1 amide bonds. The fraction of sp³-hybridized carbons (Fsp3) is 0.375. The molecule has 0 N–H and O–H groups in total. The van der Waals surface area contributed by atoms with Crippen LogP contribution in [0.5, 0.6) is 0 Å². The predicted molar refractivity (Wildman–Crippen MR) is 117 cm³/mol. The third kappa shape index (κ3) is 4.22. The van der Waals surface area contributed by atoms with E-state index < -0.39 is 12.0 Å². The van der Waals surface area contributed by atoms with Crippen LogP contribution in [0.25, 0.3) is 0 Å². The first kappa shape index (κ1) is 23.1. The fourth-order valence-electron chi connectivity index (χ4n) is 3.70. The minimum absolute atomic E-state index is 0.222. The molecule has 0 bridgehead atoms. The summed E-state index contributed by atoms with van der Waals surface area (Å²) in [5.74, 6) is -0.920. The van der Waals surface area contributed by atoms with E-state index in [9.17, 15) is 14.4 Å². The number of aromatic nitrogens is 1. The number of nitrogens with zero attached hydrogens (tertiary/aromatic N) is 2. The van der Waals surface area contributed by atoms with E-state index in [1.807, 2.05) is 19.1 Å². The van der Waals surface area contributed by atoms with E-state index in [1.54, 1.807) is 57.5 Å². The maximum Gasteiger partial charge on any atom is 0.355 e. The second-order valence-electron chi connectivity index (χ2n) is 7.31. The van der Waals surface area contributed by atoms with Crippen LogP contribution >= 0.6 is 0 Å². The van der Waals surface area contributed by atoms with Gasteiger partial charge in [0, 0.05) is 30.4 Å². The van der Waals surface area contributed by atoms with Crippen LogP contribution in [-0.2, 0) is 11.8 Å². The average molecular weight is 411 g/mol. The fourth-order valence-corrected chi connectivity index (χ4v) is 3.70. The molecule has 1 heterocycles. The van der Waals surface area contributed by atoms with E-state index in [0.29, 0.717) is 28.1 Å². The van der Waals surface area contributed by atoms with Crippen molar-refractivity contribution in [1.82, 2.24) is 9.47 Å². The van der Waals surface area contributed by atoms with Crippen molar-refractivity contribution in [1.29, 1.82) is 0 Å². The molecule has 2 rings (SSSR count). The molecule has 1 aromatic heterocycles. The van der Waals surface area contributed by atoms with Crippen LogP contribution in [0.1, 0.15) is 61.9 Å². The third-order valence-corrected chi connectivity index (χ3v) is 5.45. The monoisotopic (exact) mass is 410 g/mol. The molecular formula is C24H30N2O4. The molecule has 6 nitrogen and oxygen atoms in total. The average Bonchev–Trinajstić information content (AvgIpc) is 2.93. The molecule has 0 aliphatic heterocycles. The Morgan fingerprint density at radius 1 is 1.20 bits per heavy atom. The first-order valence-corrected chi connectivity index (χ1v) is 10.0. The molecule has 2 aromatic rings. The lowest BCUT2D eigenvalue weighted by Crippen LogP contribution is -2.44. The first-order valence-electron chi connectivity index (χ1n) is 10.0. The number of aryl methyl sites for hydroxylation is 1. The molecular weight excluding hydrogens is 380 g/mol. The zero-order valence-electron chi connectivity index (χ0n) is 18.6. The summed E-state index contributed by atoms with van der Waals surface area (Å²) < 4.78 is 6.82. The van der Waals surface area contributed by atoms with Gasteiger partial charge in [0.05, 0.1) is 12.6 Å². The predicted octanol–water partition coefficient (Wildman–Crippen LogP) is 4.03. The molecule has 0 saturated carbocycles. The number of hydrogen-bond acceptors (Lipinski definition) is 4. The molecule has 0 unspecified atom stereocenters. The Bertz CT molecular complexity index is 987. The Hall–Kier alpha value is -3.15. The molecule has 30 heavy (non-hydrogen) atoms. The quantitative estimate of drug-likeness (QED) is 0.374. The SMILES string of the molecule is C=CCN(C(=O)c1ccccc1C)[C@@H](C)C(=O)c1c(C)c(C(=O)OCC)n(C)c1C. The van der Waals surface area contributed by atoms with Crippen molar-refractivity contribution in [2.75, 3.05) is 13.2 Å². The highest BCUT2D eigenvalue weighted by molar-refractivity contribution is 6.07. The minimum Gasteiger partial charge on any atom is -0.461 e. The number of carbonyl (C=O) groups excluding carboxylic acids is 3. The van der Waals surface area contributed by atoms with Gasteiger partial charge in [-0.2, -0.15) is 0 Å². The maximum atomic E-state index is 13.5. The maximum absolute atomic E-state index is 13.5. The van der Waals surface area contributed by atoms with E-state index in [4.69, 9.17) is 4.74 Å². The van der Waals surface area contributed by atoms with Crippen LogP contribution in [-0.4, -0.2) is 46.3 Å². The smallest absolute Gasteiger partial charge is 0.355 e. The number of ketones is 1. The molecule has 0 spiro atoms. The van der Waals surface area contributed by atoms with Gasteiger partial charge in [0.2, 0.25) is 0 Å². The van der Waals surface area contributed by atoms with Crippen molar-refractivity contribution >= 4 is 17.7 Å². The lowest BCUT2D eigenvalue weighted by atomic mass is 9.98. The largest absolute Gasteiger partial charge is 0.461 e. The van der Waals surface area contributed by atoms with E-state index in [1.165, 1.54) is 4.90 Å². The van der Waals surface area contributed by atoms with Gasteiger partial charge < -0.3 is 14.2 Å². The Labute approximate surface area is 178 Å². The van der Waals surface area contributed by atoms with Gasteiger partial charge in [0.1, 0.15) is 5.69 Å². The van der Waals surface area contributed by atoms with Crippen molar-refractivity contribution in [2.24, 2.45) is 7.05 Å². The molecule has 0 fully saturated rings. The van der Waals surface area contributed by atoms with Crippen LogP contribution < -0.4 is 0 Å². The summed E-state index contributed by atoms with van der Waals surface area (Å²) in [5.41, 5.74) is 3.41. The summed E-state index contributed by atoms with van der Waals surface area (Å²) in [4.78, 5) is 40.6. The Morgan fingerprint density at radius 2 is 1.83 bits per heavy atom. The topological polar surface area (TPSA) is 68.6 Å². The van der Waals surface area contributed by atoms with Gasteiger partial charge in [-0.1, -0.05) is 24.3 Å². The van der Waals surface area contributed by atoms with Crippen molar-refractivity contribution in [2.45, 2.75) is 40.7 Å². The Balaban J connectivity index is 2.47. The lowest BCUT2D eigenvalue weighted by Gasteiger charge is -2.28. The number of carbonyl (C=O) groups is 3. The zero-order chi connectivity index (χ0) is 22.6. The molecule has 1 aromatic carbocycles. The Kier molecular flexibility index (Phi) is 7.38. The number of esters is 1. The molecule has 0 saturated heterocycles. The van der Waals surface area contributed by atoms with Gasteiger partial charge in [-0.3, -0.25) is 9.59 Å². The zero-order valence-corrected chi connectivity index (χ0v) is 18.6. The minimum atomic E-state index is -0.732. The van der Waals surface area contributed by atoms with Gasteiger partial charge in [-0.15, -0.1) is 6.58 Å². The molecule has 0 radical (unpaired) electrons. The van der Waals surface area contributed by atoms with E-state index >= 15 is 0 Å². The first-order chi connectivity index (χ1) is 14.2. The summed E-state index contributed by atoms with van der Waals surface area (Å²) in [7, 11) is 1.73. The lowest BCUT2D eigenvalue weighted by molar-refractivity contribution is 0.0513. The Morgan fingerprint density at radius 3 is 2.40 bits per heavy atom. The number of benzene rings is 1. The summed E-state index contributed by atoms with van der Waals surface area (Å²) >= 11 is 0. The summed E-state index contributed by atoms with van der Waals surface area (Å²) in [5, 5.41) is 0. The van der Waals surface area contributed by atoms with Crippen molar-refractivity contribution in [3.8, 4) is 0 Å². The van der Waals surface area contributed by atoms with Crippen molar-refractivity contribution in [3.05, 3.63) is 70.6 Å². The van der Waals surface area contributed by atoms with E-state index in [2.05, 4.69) is 6.58 Å². The summed E-state index contributed by atoms with van der Waals surface area (Å²) in [6, 6.07) is 6.55. The highest BCUT2D eigenvalue weighted by Crippen LogP contribution is 2.25. The van der Waals surface area contributed by atoms with Gasteiger partial charge in [0.15, 0.2) is 5.78 Å². The van der Waals surface area contributed by atoms with Gasteiger partial charge in [-0.05, 0) is 51.8 Å². The molecule has 1 atom stereocenters. The van der Waals surface area contributed by atoms with Crippen LogP contribution in [0.4, 0.5) is 0 Å². The van der Waals surface area contributed by atoms with Gasteiger partial charge in [-0.25, -0.2) is 4.79 Å². The number of amides is 1. The second kappa shape index (κ2) is 9.57. The van der Waals surface area contributed by atoms with Crippen LogP contribution in [0.2, 0.25) is 0 Å². The number of rotatable bonds is 8. The molecule has 0 aliphatic rings. The standard InChI is InChI=1S/C24H30N2O4/c1-8-14-26(23(28)19-13-11-10-12-15(19)3)18(6)22(27)20-16(4)21(24(29)30-9-2)25(7)17(20)5/h8,10-13,18H,1,9,14H2,2-7H3/t18-/m0/s1. The van der Waals surface area contributed by atoms with Crippen LogP contribution in [0.3, 0.4) is 0 Å². The van der Waals surface area contributed by atoms with E-state index in [0.717, 1.165) is 5.56 Å². The van der Waals surface area contributed by atoms with Crippen molar-refractivity contribution in [3.63, 3.8) is 0 Å². The van der Waals surface area contributed by atoms with Crippen LogP contribution in [0.15, 0.2) is 36.9 Å². The summed E-state index contributed by atoms with van der Waals surface area (Å²) in [6.07, 6.45) is 1.61. The summed E-state index contributed by atoms with van der Waals surface area (Å²) in [6.45, 7) is 13.1. The van der Waals surface area contributed by atoms with Crippen molar-refractivity contribution < 1.29 is 19.1 Å². The van der Waals surface area contributed by atoms with Gasteiger partial charge >= 0.3 is 5.97 Å². The van der Waals surface area contributed by atoms with E-state index in [-0.39, 0.29) is 24.8 Å². The normalized spacial score (nSPS) is 11.7. The third-order valence-electron chi connectivity index (χ3n) is 5.45. The highest BCUT2D eigenvalue weighted by atomic mass is 16.5. The number of hydrogen-bond donors (Lipinski definition) is 0. The number of Topliss-reactive ketones (excluding diaryl/α,β-unsaturated/α-hetero) is 1. The van der Waals surface area contributed by atoms with Gasteiger partial charge in [0.25, 0.3) is 5.91 Å². The van der Waals surface area contributed by atoms with Crippen LogP contribution in [0, 0.1) is 20.8 Å².